The van der Waals surface area contributed by atoms with Gasteiger partial charge in [-0.3, -0.25) is 0 Å². The molecular weight excluding hydrogens is 274 g/mol. The fourth-order valence-corrected chi connectivity index (χ4v) is 3.16. The van der Waals surface area contributed by atoms with Gasteiger partial charge in [-0.15, -0.1) is 0 Å². The maximum atomic E-state index is 12.1. The molecule has 0 aliphatic rings. The second-order valence-electron chi connectivity index (χ2n) is 4.39. The van der Waals surface area contributed by atoms with Gasteiger partial charge in [0.05, 0.1) is 5.75 Å². The summed E-state index contributed by atoms with van der Waals surface area (Å²) < 4.78 is 26.6. The van der Waals surface area contributed by atoms with Gasteiger partial charge in [0.15, 0.2) is 0 Å². The molecule has 0 radical (unpaired) electrons. The smallest absolute Gasteiger partial charge is 0.216 e. The van der Waals surface area contributed by atoms with Crippen molar-refractivity contribution < 1.29 is 13.2 Å². The van der Waals surface area contributed by atoms with Crippen LogP contribution < -0.4 is 4.72 Å². The molecule has 0 amide bonds. The summed E-state index contributed by atoms with van der Waals surface area (Å²) in [6.07, 6.45) is 0.595. The van der Waals surface area contributed by atoms with E-state index in [0.29, 0.717) is 17.4 Å². The molecule has 4 nitrogen and oxygen atoms in total. The molecule has 1 unspecified atom stereocenters. The molecule has 20 heavy (non-hydrogen) atoms. The van der Waals surface area contributed by atoms with Crippen molar-refractivity contribution in [2.24, 2.45) is 0 Å². The van der Waals surface area contributed by atoms with Crippen molar-refractivity contribution in [3.63, 3.8) is 0 Å². The summed E-state index contributed by atoms with van der Waals surface area (Å²) in [6.45, 7) is 0. The lowest BCUT2D eigenvalue weighted by Gasteiger charge is -2.13. The van der Waals surface area contributed by atoms with Gasteiger partial charge >= 0.3 is 0 Å². The van der Waals surface area contributed by atoms with E-state index in [1.54, 1.807) is 48.5 Å². The fourth-order valence-electron chi connectivity index (χ4n) is 1.86. The highest BCUT2D eigenvalue weighted by atomic mass is 32.2. The minimum atomic E-state index is -3.58. The summed E-state index contributed by atoms with van der Waals surface area (Å²) >= 11 is 0. The Morgan fingerprint density at radius 3 is 2.05 bits per heavy atom. The van der Waals surface area contributed by atoms with Gasteiger partial charge in [-0.2, -0.15) is 0 Å². The van der Waals surface area contributed by atoms with E-state index in [-0.39, 0.29) is 5.75 Å². The van der Waals surface area contributed by atoms with Gasteiger partial charge in [-0.1, -0.05) is 60.7 Å². The monoisotopic (exact) mass is 289 g/mol. The Balaban J connectivity index is 2.13. The lowest BCUT2D eigenvalue weighted by atomic mass is 10.1. The van der Waals surface area contributed by atoms with Crippen molar-refractivity contribution in [3.05, 3.63) is 71.8 Å². The van der Waals surface area contributed by atoms with Crippen molar-refractivity contribution in [2.45, 2.75) is 11.8 Å². The molecule has 0 spiro atoms. The Labute approximate surface area is 118 Å². The summed E-state index contributed by atoms with van der Waals surface area (Å²) in [4.78, 5) is 11.1. The van der Waals surface area contributed by atoms with E-state index in [0.717, 1.165) is 0 Å². The first-order valence-corrected chi connectivity index (χ1v) is 7.80. The van der Waals surface area contributed by atoms with Crippen LogP contribution in [0.5, 0.6) is 0 Å². The van der Waals surface area contributed by atoms with Crippen LogP contribution in [-0.2, 0) is 20.6 Å². The third-order valence-electron chi connectivity index (χ3n) is 2.80. The molecule has 0 aliphatic heterocycles. The Hall–Kier alpha value is -1.98. The molecule has 2 aromatic carbocycles. The Bertz CT molecular complexity index is 654. The summed E-state index contributed by atoms with van der Waals surface area (Å²) in [7, 11) is -3.58. The highest BCUT2D eigenvalue weighted by molar-refractivity contribution is 7.88. The molecule has 1 N–H and O–H groups in total. The van der Waals surface area contributed by atoms with E-state index >= 15 is 0 Å². The van der Waals surface area contributed by atoms with Gasteiger partial charge in [0.25, 0.3) is 0 Å². The first-order chi connectivity index (χ1) is 9.61. The lowest BCUT2D eigenvalue weighted by molar-refractivity contribution is -0.109. The number of aldehydes is 1. The van der Waals surface area contributed by atoms with Gasteiger partial charge in [0.2, 0.25) is 10.0 Å². The number of hydrogen-bond acceptors (Lipinski definition) is 3. The average Bonchev–Trinajstić information content (AvgIpc) is 2.46. The van der Waals surface area contributed by atoms with Crippen LogP contribution in [-0.4, -0.2) is 14.7 Å². The molecule has 5 heteroatoms. The van der Waals surface area contributed by atoms with Crippen LogP contribution in [0.4, 0.5) is 0 Å². The van der Waals surface area contributed by atoms with Gasteiger partial charge in [-0.25, -0.2) is 13.1 Å². The van der Waals surface area contributed by atoms with Gasteiger partial charge in [0.1, 0.15) is 12.3 Å². The number of carbonyl (C=O) groups excluding carboxylic acids is 1. The van der Waals surface area contributed by atoms with Crippen LogP contribution in [0.3, 0.4) is 0 Å². The van der Waals surface area contributed by atoms with Crippen molar-refractivity contribution in [1.82, 2.24) is 4.72 Å². The quantitative estimate of drug-likeness (QED) is 0.828. The maximum Gasteiger partial charge on any atom is 0.216 e. The molecule has 2 rings (SSSR count). The SMILES string of the molecule is O=CC(NS(=O)(=O)Cc1ccccc1)c1ccccc1. The standard InChI is InChI=1S/C15H15NO3S/c17-11-15(14-9-5-2-6-10-14)16-20(18,19)12-13-7-3-1-4-8-13/h1-11,15-16H,12H2. The third-order valence-corrected chi connectivity index (χ3v) is 4.13. The van der Waals surface area contributed by atoms with E-state index in [9.17, 15) is 13.2 Å². The summed E-state index contributed by atoms with van der Waals surface area (Å²) in [5, 5.41) is 0. The number of sulfonamides is 1. The van der Waals surface area contributed by atoms with Crippen molar-refractivity contribution in [3.8, 4) is 0 Å². The van der Waals surface area contributed by atoms with Crippen LogP contribution in [0, 0.1) is 0 Å². The molecule has 0 aromatic heterocycles. The highest BCUT2D eigenvalue weighted by Gasteiger charge is 2.19. The topological polar surface area (TPSA) is 63.2 Å². The third kappa shape index (κ3) is 4.01. The Morgan fingerprint density at radius 2 is 1.50 bits per heavy atom. The zero-order valence-electron chi connectivity index (χ0n) is 10.8. The summed E-state index contributed by atoms with van der Waals surface area (Å²) in [5.41, 5.74) is 1.30. The predicted octanol–water partition coefficient (Wildman–Crippen LogP) is 2.05. The highest BCUT2D eigenvalue weighted by Crippen LogP contribution is 2.13. The molecule has 104 valence electrons. The zero-order valence-corrected chi connectivity index (χ0v) is 11.6. The maximum absolute atomic E-state index is 12.1. The molecule has 0 fully saturated rings. The molecule has 2 aromatic rings. The van der Waals surface area contributed by atoms with Crippen molar-refractivity contribution in [1.29, 1.82) is 0 Å². The van der Waals surface area contributed by atoms with Crippen LogP contribution in [0.2, 0.25) is 0 Å². The summed E-state index contributed by atoms with van der Waals surface area (Å²) in [6, 6.07) is 16.7. The van der Waals surface area contributed by atoms with E-state index in [1.807, 2.05) is 12.1 Å². The first-order valence-electron chi connectivity index (χ1n) is 6.15. The zero-order chi connectivity index (χ0) is 14.4. The average molecular weight is 289 g/mol. The number of rotatable bonds is 6. The van der Waals surface area contributed by atoms with Crippen LogP contribution >= 0.6 is 0 Å². The summed E-state index contributed by atoms with van der Waals surface area (Å²) in [5.74, 6) is -0.148. The Morgan fingerprint density at radius 1 is 0.950 bits per heavy atom. The van der Waals surface area contributed by atoms with Gasteiger partial charge in [-0.05, 0) is 11.1 Å². The minimum absolute atomic E-state index is 0.148. The number of hydrogen-bond donors (Lipinski definition) is 1. The molecule has 0 bridgehead atoms. The van der Waals surface area contributed by atoms with E-state index in [2.05, 4.69) is 4.72 Å². The molecular formula is C15H15NO3S. The second-order valence-corrected chi connectivity index (χ2v) is 6.14. The first kappa shape index (κ1) is 14.4. The van der Waals surface area contributed by atoms with Gasteiger partial charge < -0.3 is 4.79 Å². The van der Waals surface area contributed by atoms with Crippen LogP contribution in [0.25, 0.3) is 0 Å². The number of nitrogens with one attached hydrogen (secondary N) is 1. The normalized spacial score (nSPS) is 12.8. The van der Waals surface area contributed by atoms with E-state index in [1.165, 1.54) is 0 Å². The molecule has 0 aliphatic carbocycles. The molecule has 0 heterocycles. The van der Waals surface area contributed by atoms with Gasteiger partial charge in [0, 0.05) is 0 Å². The number of carbonyl (C=O) groups is 1. The lowest BCUT2D eigenvalue weighted by Crippen LogP contribution is -2.30. The van der Waals surface area contributed by atoms with E-state index < -0.39 is 16.1 Å². The molecule has 0 saturated heterocycles. The van der Waals surface area contributed by atoms with Crippen molar-refractivity contribution in [2.75, 3.05) is 0 Å². The van der Waals surface area contributed by atoms with Crippen LogP contribution in [0.15, 0.2) is 60.7 Å². The predicted molar refractivity (Wildman–Crippen MR) is 77.4 cm³/mol. The number of benzene rings is 2. The minimum Gasteiger partial charge on any atom is -0.301 e. The molecule has 1 atom stereocenters. The Kier molecular flexibility index (Phi) is 4.65. The fraction of sp³-hybridized carbons (Fsp3) is 0.133. The van der Waals surface area contributed by atoms with Crippen LogP contribution in [0.1, 0.15) is 17.2 Å². The second kappa shape index (κ2) is 6.45. The van der Waals surface area contributed by atoms with E-state index in [4.69, 9.17) is 0 Å². The largest absolute Gasteiger partial charge is 0.301 e. The molecule has 0 saturated carbocycles. The van der Waals surface area contributed by atoms with Crippen molar-refractivity contribution >= 4 is 16.3 Å².